The van der Waals surface area contributed by atoms with Crippen LogP contribution < -0.4 is 4.74 Å². The van der Waals surface area contributed by atoms with E-state index in [1.807, 2.05) is 42.6 Å². The van der Waals surface area contributed by atoms with E-state index >= 15 is 0 Å². The number of methoxy groups -OCH3 is 1. The second-order valence-electron chi connectivity index (χ2n) is 7.56. The monoisotopic (exact) mass is 407 g/mol. The van der Waals surface area contributed by atoms with Crippen LogP contribution in [0.2, 0.25) is 0 Å². The number of hydrogen-bond donors (Lipinski definition) is 0. The quantitative estimate of drug-likeness (QED) is 0.662. The molecule has 1 fully saturated rings. The molecule has 0 spiro atoms. The van der Waals surface area contributed by atoms with Gasteiger partial charge in [0.25, 0.3) is 0 Å². The highest BCUT2D eigenvalue weighted by molar-refractivity contribution is 7.92. The number of hydrogen-bond acceptors (Lipinski definition) is 6. The Kier molecular flexibility index (Phi) is 4.37. The van der Waals surface area contributed by atoms with Gasteiger partial charge in [-0.15, -0.1) is 0 Å². The minimum absolute atomic E-state index is 0.0192. The van der Waals surface area contributed by atoms with Crippen LogP contribution in [0.25, 0.3) is 11.1 Å². The summed E-state index contributed by atoms with van der Waals surface area (Å²) in [7, 11) is -1.74. The lowest BCUT2D eigenvalue weighted by Crippen LogP contribution is -2.25. The number of rotatable bonds is 4. The molecule has 1 aromatic carbocycles. The lowest BCUT2D eigenvalue weighted by atomic mass is 9.95. The fourth-order valence-electron chi connectivity index (χ4n) is 4.55. The summed E-state index contributed by atoms with van der Waals surface area (Å²) in [5, 5.41) is -0.389. The van der Waals surface area contributed by atoms with Crippen molar-refractivity contribution in [2.24, 2.45) is 0 Å². The van der Waals surface area contributed by atoms with Crippen molar-refractivity contribution in [3.63, 3.8) is 0 Å². The molecule has 29 heavy (non-hydrogen) atoms. The summed E-state index contributed by atoms with van der Waals surface area (Å²) >= 11 is 0. The minimum Gasteiger partial charge on any atom is -0.481 e. The molecule has 3 aromatic rings. The predicted molar refractivity (Wildman–Crippen MR) is 109 cm³/mol. The molecule has 0 radical (unpaired) electrons. The zero-order valence-corrected chi connectivity index (χ0v) is 16.8. The fourth-order valence-corrected chi connectivity index (χ4v) is 6.74. The SMILES string of the molecule is COc1ncccc1-c1ccc2c(c1)[C@H]1CN(Cc3cccnc3)C[C@@H]1S2(=O)=O. The molecule has 6 nitrogen and oxygen atoms in total. The summed E-state index contributed by atoms with van der Waals surface area (Å²) in [5.74, 6) is 0.517. The summed E-state index contributed by atoms with van der Waals surface area (Å²) in [5.41, 5.74) is 3.80. The minimum atomic E-state index is -3.33. The van der Waals surface area contributed by atoms with Gasteiger partial charge in [0.1, 0.15) is 0 Å². The van der Waals surface area contributed by atoms with Crippen LogP contribution in [0, 0.1) is 0 Å². The Morgan fingerprint density at radius 3 is 2.79 bits per heavy atom. The average molecular weight is 407 g/mol. The first-order chi connectivity index (χ1) is 14.1. The number of ether oxygens (including phenoxy) is 1. The number of aromatic nitrogens is 2. The smallest absolute Gasteiger partial charge is 0.221 e. The molecule has 0 N–H and O–H groups in total. The van der Waals surface area contributed by atoms with Gasteiger partial charge in [-0.3, -0.25) is 9.88 Å². The zero-order valence-electron chi connectivity index (χ0n) is 16.0. The van der Waals surface area contributed by atoms with Gasteiger partial charge in [0.15, 0.2) is 9.84 Å². The van der Waals surface area contributed by atoms with E-state index in [-0.39, 0.29) is 11.2 Å². The largest absolute Gasteiger partial charge is 0.481 e. The third kappa shape index (κ3) is 3.01. The number of nitrogens with zero attached hydrogens (tertiary/aromatic N) is 3. The molecule has 0 bridgehead atoms. The first kappa shape index (κ1) is 18.3. The van der Waals surface area contributed by atoms with Gasteiger partial charge in [-0.25, -0.2) is 13.4 Å². The molecule has 5 rings (SSSR count). The maximum atomic E-state index is 13.2. The molecular weight excluding hydrogens is 386 g/mol. The van der Waals surface area contributed by atoms with Crippen LogP contribution in [0.1, 0.15) is 17.0 Å². The van der Waals surface area contributed by atoms with Crippen LogP contribution in [0.4, 0.5) is 0 Å². The summed E-state index contributed by atoms with van der Waals surface area (Å²) in [6.07, 6.45) is 5.27. The Labute approximate surface area is 170 Å². The summed E-state index contributed by atoms with van der Waals surface area (Å²) in [4.78, 5) is 11.1. The van der Waals surface area contributed by atoms with E-state index in [1.54, 1.807) is 25.6 Å². The maximum Gasteiger partial charge on any atom is 0.221 e. The summed E-state index contributed by atoms with van der Waals surface area (Å²) < 4.78 is 31.7. The molecule has 2 aliphatic rings. The number of benzene rings is 1. The lowest BCUT2D eigenvalue weighted by molar-refractivity contribution is 0.325. The van der Waals surface area contributed by atoms with Gasteiger partial charge in [0.05, 0.1) is 17.3 Å². The van der Waals surface area contributed by atoms with Crippen molar-refractivity contribution in [2.75, 3.05) is 20.2 Å². The van der Waals surface area contributed by atoms with E-state index in [2.05, 4.69) is 14.9 Å². The molecule has 0 saturated carbocycles. The third-order valence-electron chi connectivity index (χ3n) is 5.86. The van der Waals surface area contributed by atoms with Gasteiger partial charge in [-0.2, -0.15) is 0 Å². The van der Waals surface area contributed by atoms with Crippen molar-refractivity contribution < 1.29 is 13.2 Å². The van der Waals surface area contributed by atoms with E-state index < -0.39 is 9.84 Å². The van der Waals surface area contributed by atoms with Crippen LogP contribution in [0.15, 0.2) is 66.0 Å². The Bertz CT molecular complexity index is 1160. The van der Waals surface area contributed by atoms with E-state index in [4.69, 9.17) is 4.74 Å². The van der Waals surface area contributed by atoms with Crippen molar-refractivity contribution in [1.29, 1.82) is 0 Å². The number of pyridine rings is 2. The van der Waals surface area contributed by atoms with Crippen LogP contribution in [0.5, 0.6) is 5.88 Å². The highest BCUT2D eigenvalue weighted by atomic mass is 32.2. The van der Waals surface area contributed by atoms with Crippen molar-refractivity contribution >= 4 is 9.84 Å². The molecule has 7 heteroatoms. The van der Waals surface area contributed by atoms with E-state index in [1.165, 1.54) is 0 Å². The second kappa shape index (κ2) is 6.93. The Hall–Kier alpha value is -2.77. The Morgan fingerprint density at radius 2 is 2.00 bits per heavy atom. The molecular formula is C22H21N3O3S. The van der Waals surface area contributed by atoms with Gasteiger partial charge in [0.2, 0.25) is 5.88 Å². The van der Waals surface area contributed by atoms with Crippen molar-refractivity contribution in [3.05, 3.63) is 72.2 Å². The maximum absolute atomic E-state index is 13.2. The van der Waals surface area contributed by atoms with Gasteiger partial charge >= 0.3 is 0 Å². The molecule has 4 heterocycles. The van der Waals surface area contributed by atoms with Gasteiger partial charge < -0.3 is 4.74 Å². The highest BCUT2D eigenvalue weighted by Crippen LogP contribution is 2.46. The van der Waals surface area contributed by atoms with Crippen molar-refractivity contribution in [3.8, 4) is 17.0 Å². The topological polar surface area (TPSA) is 72.4 Å². The van der Waals surface area contributed by atoms with E-state index in [0.29, 0.717) is 23.9 Å². The average Bonchev–Trinajstić information content (AvgIpc) is 3.26. The fraction of sp³-hybridized carbons (Fsp3) is 0.273. The molecule has 2 atom stereocenters. The van der Waals surface area contributed by atoms with Crippen molar-refractivity contribution in [1.82, 2.24) is 14.9 Å². The molecule has 2 aromatic heterocycles. The number of sulfone groups is 1. The van der Waals surface area contributed by atoms with Crippen LogP contribution in [-0.4, -0.2) is 48.7 Å². The van der Waals surface area contributed by atoms with Gasteiger partial charge in [-0.1, -0.05) is 12.1 Å². The lowest BCUT2D eigenvalue weighted by Gasteiger charge is -2.17. The first-order valence-electron chi connectivity index (χ1n) is 9.56. The third-order valence-corrected chi connectivity index (χ3v) is 8.12. The Balaban J connectivity index is 1.50. The van der Waals surface area contributed by atoms with Crippen LogP contribution in [-0.2, 0) is 16.4 Å². The molecule has 2 aliphatic heterocycles. The molecule has 148 valence electrons. The van der Waals surface area contributed by atoms with Crippen LogP contribution in [0.3, 0.4) is 0 Å². The second-order valence-corrected chi connectivity index (χ2v) is 9.69. The number of likely N-dealkylation sites (tertiary alicyclic amines) is 1. The normalized spacial score (nSPS) is 22.2. The zero-order chi connectivity index (χ0) is 20.0. The highest BCUT2D eigenvalue weighted by Gasteiger charge is 2.50. The summed E-state index contributed by atoms with van der Waals surface area (Å²) in [6, 6.07) is 13.3. The van der Waals surface area contributed by atoms with Gasteiger partial charge in [-0.05, 0) is 47.0 Å². The molecule has 0 unspecified atom stereocenters. The molecule has 1 saturated heterocycles. The molecule has 0 amide bonds. The van der Waals surface area contributed by atoms with Crippen LogP contribution >= 0.6 is 0 Å². The summed E-state index contributed by atoms with van der Waals surface area (Å²) in [6.45, 7) is 1.98. The standard InChI is InChI=1S/C22H21N3O3S/c1-28-22-17(5-3-9-24-22)16-6-7-20-18(10-16)19-13-25(14-21(19)29(20,26)27)12-15-4-2-8-23-11-15/h2-11,19,21H,12-14H2,1H3/t19-,21+/m1/s1. The molecule has 0 aliphatic carbocycles. The number of fused-ring (bicyclic) bond motifs is 3. The van der Waals surface area contributed by atoms with E-state index in [9.17, 15) is 8.42 Å². The Morgan fingerprint density at radius 1 is 1.14 bits per heavy atom. The van der Waals surface area contributed by atoms with Gasteiger partial charge in [0, 0.05) is 49.7 Å². The van der Waals surface area contributed by atoms with Crippen molar-refractivity contribution in [2.45, 2.75) is 22.6 Å². The van der Waals surface area contributed by atoms with E-state index in [0.717, 1.165) is 28.8 Å². The predicted octanol–water partition coefficient (Wildman–Crippen LogP) is 2.91. The first-order valence-corrected chi connectivity index (χ1v) is 11.1.